The predicted octanol–water partition coefficient (Wildman–Crippen LogP) is 2.25. The van der Waals surface area contributed by atoms with Crippen molar-refractivity contribution in [2.24, 2.45) is 5.41 Å². The fourth-order valence-corrected chi connectivity index (χ4v) is 1.76. The minimum Gasteiger partial charge on any atom is -0.398 e. The number of nitrogens with two attached hydrogens (primary N) is 1. The van der Waals surface area contributed by atoms with Crippen LogP contribution in [0.15, 0.2) is 30.6 Å². The summed E-state index contributed by atoms with van der Waals surface area (Å²) in [6.07, 6.45) is 3.52. The van der Waals surface area contributed by atoms with Crippen LogP contribution in [0.1, 0.15) is 13.8 Å². The molecule has 4 heteroatoms. The first kappa shape index (κ1) is 12.6. The summed E-state index contributed by atoms with van der Waals surface area (Å²) in [6, 6.07) is 5.78. The van der Waals surface area contributed by atoms with E-state index in [2.05, 4.69) is 10.3 Å². The van der Waals surface area contributed by atoms with E-state index < -0.39 is 0 Å². The van der Waals surface area contributed by atoms with Crippen molar-refractivity contribution in [1.29, 1.82) is 0 Å². The van der Waals surface area contributed by atoms with Crippen molar-refractivity contribution >= 4 is 22.1 Å². The molecule has 0 fully saturated rings. The molecule has 0 radical (unpaired) electrons. The molecule has 1 aromatic carbocycles. The zero-order valence-corrected chi connectivity index (χ0v) is 10.8. The third-order valence-corrected chi connectivity index (χ3v) is 3.04. The van der Waals surface area contributed by atoms with Gasteiger partial charge < -0.3 is 16.2 Å². The second-order valence-corrected chi connectivity index (χ2v) is 5.30. The predicted molar refractivity (Wildman–Crippen MR) is 75.5 cm³/mol. The highest BCUT2D eigenvalue weighted by Crippen LogP contribution is 2.28. The molecule has 0 bridgehead atoms. The van der Waals surface area contributed by atoms with Crippen molar-refractivity contribution in [2.45, 2.75) is 13.8 Å². The Morgan fingerprint density at radius 3 is 2.78 bits per heavy atom. The molecule has 0 aliphatic rings. The molecule has 4 N–H and O–H groups in total. The molecule has 18 heavy (non-hydrogen) atoms. The van der Waals surface area contributed by atoms with Crippen LogP contribution in [0, 0.1) is 5.41 Å². The van der Waals surface area contributed by atoms with E-state index in [1.807, 2.05) is 32.0 Å². The number of nitrogen functional groups attached to an aromatic ring is 1. The molecule has 96 valence electrons. The summed E-state index contributed by atoms with van der Waals surface area (Å²) in [4.78, 5) is 4.09. The molecule has 0 unspecified atom stereocenters. The zero-order chi connectivity index (χ0) is 13.2. The Morgan fingerprint density at radius 1 is 1.28 bits per heavy atom. The van der Waals surface area contributed by atoms with Gasteiger partial charge in [-0.3, -0.25) is 4.98 Å². The number of nitrogens with one attached hydrogen (secondary N) is 1. The molecule has 4 nitrogen and oxygen atoms in total. The maximum absolute atomic E-state index is 9.26. The van der Waals surface area contributed by atoms with Gasteiger partial charge in [-0.05, 0) is 18.2 Å². The Morgan fingerprint density at radius 2 is 2.06 bits per heavy atom. The average molecular weight is 245 g/mol. The van der Waals surface area contributed by atoms with Crippen molar-refractivity contribution in [3.63, 3.8) is 0 Å². The molecule has 0 aliphatic carbocycles. The van der Waals surface area contributed by atoms with E-state index >= 15 is 0 Å². The van der Waals surface area contributed by atoms with Crippen LogP contribution in [-0.4, -0.2) is 23.2 Å². The Labute approximate surface area is 107 Å². The monoisotopic (exact) mass is 245 g/mol. The first-order valence-corrected chi connectivity index (χ1v) is 6.00. The second kappa shape index (κ2) is 4.82. The number of pyridine rings is 1. The summed E-state index contributed by atoms with van der Waals surface area (Å²) >= 11 is 0. The molecule has 0 aliphatic heterocycles. The number of hydrogen-bond donors (Lipinski definition) is 3. The van der Waals surface area contributed by atoms with Gasteiger partial charge in [0.2, 0.25) is 0 Å². The van der Waals surface area contributed by atoms with Gasteiger partial charge in [0.05, 0.1) is 0 Å². The van der Waals surface area contributed by atoms with Crippen LogP contribution in [0.2, 0.25) is 0 Å². The standard InChI is InChI=1S/C14H19N3O/c1-14(2,9-18)8-17-13-4-3-12(15)11-7-16-6-5-10(11)13/h3-7,17-18H,8-9,15H2,1-2H3. The lowest BCUT2D eigenvalue weighted by Gasteiger charge is -2.23. The summed E-state index contributed by atoms with van der Waals surface area (Å²) in [6.45, 7) is 4.88. The number of anilines is 2. The maximum atomic E-state index is 9.26. The van der Waals surface area contributed by atoms with Crippen molar-refractivity contribution in [3.8, 4) is 0 Å². The fraction of sp³-hybridized carbons (Fsp3) is 0.357. The van der Waals surface area contributed by atoms with Gasteiger partial charge >= 0.3 is 0 Å². The van der Waals surface area contributed by atoms with Crippen LogP contribution in [-0.2, 0) is 0 Å². The van der Waals surface area contributed by atoms with E-state index in [4.69, 9.17) is 5.73 Å². The van der Waals surface area contributed by atoms with Crippen LogP contribution in [0.3, 0.4) is 0 Å². The number of fused-ring (bicyclic) bond motifs is 1. The van der Waals surface area contributed by atoms with E-state index in [1.165, 1.54) is 0 Å². The van der Waals surface area contributed by atoms with E-state index in [0.29, 0.717) is 6.54 Å². The molecule has 2 rings (SSSR count). The van der Waals surface area contributed by atoms with Gasteiger partial charge in [0.15, 0.2) is 0 Å². The molecule has 2 aromatic rings. The van der Waals surface area contributed by atoms with Gasteiger partial charge in [0.25, 0.3) is 0 Å². The molecule has 0 amide bonds. The van der Waals surface area contributed by atoms with Crippen LogP contribution < -0.4 is 11.1 Å². The lowest BCUT2D eigenvalue weighted by molar-refractivity contribution is 0.171. The van der Waals surface area contributed by atoms with Gasteiger partial charge in [-0.25, -0.2) is 0 Å². The number of aliphatic hydroxyl groups is 1. The van der Waals surface area contributed by atoms with Gasteiger partial charge in [-0.15, -0.1) is 0 Å². The molecule has 0 saturated carbocycles. The smallest absolute Gasteiger partial charge is 0.0498 e. The Balaban J connectivity index is 2.32. The Hall–Kier alpha value is -1.81. The first-order chi connectivity index (χ1) is 8.53. The molecule has 0 saturated heterocycles. The topological polar surface area (TPSA) is 71.2 Å². The highest BCUT2D eigenvalue weighted by Gasteiger charge is 2.16. The van der Waals surface area contributed by atoms with Crippen LogP contribution in [0.5, 0.6) is 0 Å². The zero-order valence-electron chi connectivity index (χ0n) is 10.8. The summed E-state index contributed by atoms with van der Waals surface area (Å²) in [5, 5.41) is 14.6. The number of benzene rings is 1. The first-order valence-electron chi connectivity index (χ1n) is 6.00. The number of hydrogen-bond acceptors (Lipinski definition) is 4. The van der Waals surface area contributed by atoms with Gasteiger partial charge in [-0.1, -0.05) is 13.8 Å². The molecule has 0 atom stereocenters. The second-order valence-electron chi connectivity index (χ2n) is 5.30. The van der Waals surface area contributed by atoms with Gasteiger partial charge in [-0.2, -0.15) is 0 Å². The van der Waals surface area contributed by atoms with Crippen molar-refractivity contribution in [2.75, 3.05) is 24.2 Å². The highest BCUT2D eigenvalue weighted by atomic mass is 16.3. The summed E-state index contributed by atoms with van der Waals surface area (Å²) in [5.74, 6) is 0. The number of aromatic nitrogens is 1. The summed E-state index contributed by atoms with van der Waals surface area (Å²) in [5.41, 5.74) is 7.52. The minimum atomic E-state index is -0.152. The van der Waals surface area contributed by atoms with E-state index in [-0.39, 0.29) is 12.0 Å². The third-order valence-electron chi connectivity index (χ3n) is 3.04. The van der Waals surface area contributed by atoms with E-state index in [1.54, 1.807) is 12.4 Å². The van der Waals surface area contributed by atoms with Crippen molar-refractivity contribution in [1.82, 2.24) is 4.98 Å². The normalized spacial score (nSPS) is 11.7. The number of rotatable bonds is 4. The number of nitrogens with zero attached hydrogens (tertiary/aromatic N) is 1. The van der Waals surface area contributed by atoms with E-state index in [9.17, 15) is 5.11 Å². The largest absolute Gasteiger partial charge is 0.398 e. The highest BCUT2D eigenvalue weighted by molar-refractivity contribution is 6.00. The van der Waals surface area contributed by atoms with Gasteiger partial charge in [0, 0.05) is 53.1 Å². The van der Waals surface area contributed by atoms with E-state index in [0.717, 1.165) is 22.1 Å². The molecular formula is C14H19N3O. The summed E-state index contributed by atoms with van der Waals surface area (Å²) in [7, 11) is 0. The molecule has 1 heterocycles. The van der Waals surface area contributed by atoms with Crippen LogP contribution in [0.4, 0.5) is 11.4 Å². The molecule has 0 spiro atoms. The third kappa shape index (κ3) is 2.54. The van der Waals surface area contributed by atoms with Crippen molar-refractivity contribution < 1.29 is 5.11 Å². The fourth-order valence-electron chi connectivity index (χ4n) is 1.76. The van der Waals surface area contributed by atoms with Crippen LogP contribution >= 0.6 is 0 Å². The maximum Gasteiger partial charge on any atom is 0.0498 e. The Kier molecular flexibility index (Phi) is 3.39. The van der Waals surface area contributed by atoms with Crippen LogP contribution in [0.25, 0.3) is 10.8 Å². The average Bonchev–Trinajstić information content (AvgIpc) is 2.38. The van der Waals surface area contributed by atoms with Crippen molar-refractivity contribution in [3.05, 3.63) is 30.6 Å². The molecular weight excluding hydrogens is 226 g/mol. The quantitative estimate of drug-likeness (QED) is 0.722. The molecule has 1 aromatic heterocycles. The Bertz CT molecular complexity index is 552. The summed E-state index contributed by atoms with van der Waals surface area (Å²) < 4.78 is 0. The lowest BCUT2D eigenvalue weighted by Crippen LogP contribution is -2.26. The van der Waals surface area contributed by atoms with Gasteiger partial charge in [0.1, 0.15) is 0 Å². The minimum absolute atomic E-state index is 0.147. The number of aliphatic hydroxyl groups excluding tert-OH is 1. The lowest BCUT2D eigenvalue weighted by atomic mass is 9.94. The SMILES string of the molecule is CC(C)(CO)CNc1ccc(N)c2cnccc12.